The van der Waals surface area contributed by atoms with Crippen LogP contribution in [0.15, 0.2) is 48.8 Å². The second-order valence-corrected chi connectivity index (χ2v) is 9.49. The summed E-state index contributed by atoms with van der Waals surface area (Å²) < 4.78 is 13.6. The maximum Gasteiger partial charge on any atom is 0.411 e. The molecule has 2 saturated carbocycles. The number of amides is 1. The fraction of sp³-hybridized carbons (Fsp3) is 0.333. The molecular formula is C27H26N6O3. The fourth-order valence-electron chi connectivity index (χ4n) is 4.63. The third kappa shape index (κ3) is 4.38. The molecule has 2 aromatic heterocycles. The number of benzene rings is 2. The van der Waals surface area contributed by atoms with Crippen LogP contribution in [0, 0.1) is 17.2 Å². The fourth-order valence-corrected chi connectivity index (χ4v) is 4.63. The minimum Gasteiger partial charge on any atom is -0.486 e. The minimum atomic E-state index is -0.440. The molecule has 2 aliphatic rings. The smallest absolute Gasteiger partial charge is 0.411 e. The first-order valence-corrected chi connectivity index (χ1v) is 12.2. The van der Waals surface area contributed by atoms with E-state index < -0.39 is 6.09 Å². The maximum absolute atomic E-state index is 12.2. The number of anilines is 1. The van der Waals surface area contributed by atoms with Crippen LogP contribution in [0.25, 0.3) is 22.2 Å². The SMILES string of the molecule is CC(OC(=O)Nc1ccc(-c2c(C#N)c3ccc(OCc4ncn[nH]4)cc3n2C2CC2)cc1)C1CC1. The Morgan fingerprint density at radius 2 is 2.03 bits per heavy atom. The lowest BCUT2D eigenvalue weighted by atomic mass is 10.1. The number of aromatic amines is 1. The monoisotopic (exact) mass is 482 g/mol. The molecule has 2 fully saturated rings. The van der Waals surface area contributed by atoms with Gasteiger partial charge in [0.15, 0.2) is 5.82 Å². The summed E-state index contributed by atoms with van der Waals surface area (Å²) in [5.41, 5.74) is 4.07. The Bertz CT molecular complexity index is 1440. The van der Waals surface area contributed by atoms with Crippen LogP contribution in [-0.2, 0) is 11.3 Å². The summed E-state index contributed by atoms with van der Waals surface area (Å²) >= 11 is 0. The van der Waals surface area contributed by atoms with Crippen LogP contribution in [0.4, 0.5) is 10.5 Å². The maximum atomic E-state index is 12.2. The number of carbonyl (C=O) groups is 1. The number of nitriles is 1. The number of rotatable bonds is 8. The number of nitrogens with zero attached hydrogens (tertiary/aromatic N) is 4. The van der Waals surface area contributed by atoms with Gasteiger partial charge in [0, 0.05) is 23.2 Å². The topological polar surface area (TPSA) is 118 Å². The van der Waals surface area contributed by atoms with Crippen LogP contribution < -0.4 is 10.1 Å². The van der Waals surface area contributed by atoms with E-state index in [9.17, 15) is 10.1 Å². The van der Waals surface area contributed by atoms with Gasteiger partial charge < -0.3 is 14.0 Å². The van der Waals surface area contributed by atoms with Crippen molar-refractivity contribution < 1.29 is 14.3 Å². The van der Waals surface area contributed by atoms with Crippen LogP contribution in [0.5, 0.6) is 5.75 Å². The van der Waals surface area contributed by atoms with Crippen molar-refractivity contribution in [3.63, 3.8) is 0 Å². The number of ether oxygens (including phenoxy) is 2. The van der Waals surface area contributed by atoms with Gasteiger partial charge in [-0.25, -0.2) is 9.78 Å². The third-order valence-electron chi connectivity index (χ3n) is 6.82. The molecule has 0 spiro atoms. The molecule has 2 aliphatic carbocycles. The Labute approximate surface area is 208 Å². The van der Waals surface area contributed by atoms with Crippen molar-refractivity contribution in [3.8, 4) is 23.1 Å². The number of carbonyl (C=O) groups excluding carboxylic acids is 1. The molecule has 2 heterocycles. The van der Waals surface area contributed by atoms with Crippen molar-refractivity contribution in [1.82, 2.24) is 19.7 Å². The quantitative estimate of drug-likeness (QED) is 0.339. The van der Waals surface area contributed by atoms with E-state index in [1.165, 1.54) is 6.33 Å². The van der Waals surface area contributed by atoms with E-state index in [0.717, 1.165) is 47.8 Å². The van der Waals surface area contributed by atoms with E-state index in [1.807, 2.05) is 49.4 Å². The van der Waals surface area contributed by atoms with Gasteiger partial charge in [0.05, 0.1) is 16.8 Å². The zero-order valence-electron chi connectivity index (χ0n) is 19.9. The van der Waals surface area contributed by atoms with Gasteiger partial charge in [-0.05, 0) is 68.4 Å². The van der Waals surface area contributed by atoms with Crippen molar-refractivity contribution in [2.24, 2.45) is 5.92 Å². The van der Waals surface area contributed by atoms with Gasteiger partial charge in [0.25, 0.3) is 0 Å². The summed E-state index contributed by atoms with van der Waals surface area (Å²) in [5.74, 6) is 1.83. The molecule has 6 rings (SSSR count). The van der Waals surface area contributed by atoms with Crippen molar-refractivity contribution in [1.29, 1.82) is 5.26 Å². The van der Waals surface area contributed by atoms with Gasteiger partial charge in [-0.15, -0.1) is 0 Å². The van der Waals surface area contributed by atoms with E-state index in [0.29, 0.717) is 34.8 Å². The lowest BCUT2D eigenvalue weighted by Gasteiger charge is -2.14. The van der Waals surface area contributed by atoms with E-state index in [2.05, 4.69) is 31.1 Å². The van der Waals surface area contributed by atoms with Crippen molar-refractivity contribution >= 4 is 22.7 Å². The Morgan fingerprint density at radius 3 is 2.69 bits per heavy atom. The molecule has 9 nitrogen and oxygen atoms in total. The summed E-state index contributed by atoms with van der Waals surface area (Å²) in [5, 5.41) is 20.5. The van der Waals surface area contributed by atoms with Gasteiger partial charge in [0.1, 0.15) is 30.9 Å². The van der Waals surface area contributed by atoms with E-state index >= 15 is 0 Å². The lowest BCUT2D eigenvalue weighted by molar-refractivity contribution is 0.108. The van der Waals surface area contributed by atoms with Crippen molar-refractivity contribution in [2.75, 3.05) is 5.32 Å². The molecule has 182 valence electrons. The summed E-state index contributed by atoms with van der Waals surface area (Å²) in [6, 6.07) is 16.1. The molecule has 1 unspecified atom stereocenters. The largest absolute Gasteiger partial charge is 0.486 e. The highest BCUT2D eigenvalue weighted by atomic mass is 16.6. The normalized spacial score (nSPS) is 15.9. The van der Waals surface area contributed by atoms with Gasteiger partial charge in [0.2, 0.25) is 0 Å². The van der Waals surface area contributed by atoms with Crippen LogP contribution in [-0.4, -0.2) is 31.9 Å². The number of hydrogen-bond acceptors (Lipinski definition) is 6. The summed E-state index contributed by atoms with van der Waals surface area (Å²) in [4.78, 5) is 16.3. The molecule has 2 aromatic carbocycles. The van der Waals surface area contributed by atoms with Gasteiger partial charge in [-0.1, -0.05) is 12.1 Å². The number of hydrogen-bond donors (Lipinski definition) is 2. The molecule has 2 N–H and O–H groups in total. The predicted molar refractivity (Wildman–Crippen MR) is 133 cm³/mol. The second-order valence-electron chi connectivity index (χ2n) is 9.49. The highest BCUT2D eigenvalue weighted by molar-refractivity contribution is 5.96. The molecule has 1 atom stereocenters. The molecule has 4 aromatic rings. The second kappa shape index (κ2) is 9.04. The predicted octanol–water partition coefficient (Wildman–Crippen LogP) is 5.56. The van der Waals surface area contributed by atoms with Gasteiger partial charge in [-0.3, -0.25) is 10.4 Å². The highest BCUT2D eigenvalue weighted by Crippen LogP contribution is 2.45. The van der Waals surface area contributed by atoms with Gasteiger partial charge >= 0.3 is 6.09 Å². The average molecular weight is 483 g/mol. The average Bonchev–Trinajstić information content (AvgIpc) is 3.82. The summed E-state index contributed by atoms with van der Waals surface area (Å²) in [7, 11) is 0. The number of aromatic nitrogens is 4. The van der Waals surface area contributed by atoms with Crippen molar-refractivity contribution in [2.45, 2.75) is 51.4 Å². The first-order valence-electron chi connectivity index (χ1n) is 12.2. The molecule has 36 heavy (non-hydrogen) atoms. The van der Waals surface area contributed by atoms with E-state index in [4.69, 9.17) is 9.47 Å². The number of H-pyrrole nitrogens is 1. The standard InChI is InChI=1S/C27H26N6O3/c1-16(17-2-3-17)36-27(34)31-19-6-4-18(5-7-19)26-23(13-28)22-11-10-21(35-14-25-29-15-30-32-25)12-24(22)33(26)20-8-9-20/h4-7,10-12,15-17,20H,2-3,8-9,14H2,1H3,(H,31,34)(H,29,30,32). The molecule has 0 aliphatic heterocycles. The van der Waals surface area contributed by atoms with Crippen LogP contribution >= 0.6 is 0 Å². The third-order valence-corrected chi connectivity index (χ3v) is 6.82. The Kier molecular flexibility index (Phi) is 5.56. The number of fused-ring (bicyclic) bond motifs is 1. The van der Waals surface area contributed by atoms with Crippen LogP contribution in [0.3, 0.4) is 0 Å². The molecule has 1 amide bonds. The first-order chi connectivity index (χ1) is 17.6. The first kappa shape index (κ1) is 22.2. The molecule has 0 saturated heterocycles. The molecule has 0 bridgehead atoms. The molecule has 9 heteroatoms. The zero-order valence-corrected chi connectivity index (χ0v) is 19.9. The summed E-state index contributed by atoms with van der Waals surface area (Å²) in [6.45, 7) is 2.22. The highest BCUT2D eigenvalue weighted by Gasteiger charge is 2.32. The van der Waals surface area contributed by atoms with Crippen molar-refractivity contribution in [3.05, 3.63) is 60.2 Å². The van der Waals surface area contributed by atoms with Crippen LogP contribution in [0.2, 0.25) is 0 Å². The van der Waals surface area contributed by atoms with Crippen LogP contribution in [0.1, 0.15) is 50.0 Å². The minimum absolute atomic E-state index is 0.0682. The Hall–Kier alpha value is -4.32. The summed E-state index contributed by atoms with van der Waals surface area (Å²) in [6.07, 6.45) is 5.31. The molecule has 0 radical (unpaired) electrons. The van der Waals surface area contributed by atoms with E-state index in [-0.39, 0.29) is 12.7 Å². The zero-order chi connectivity index (χ0) is 24.6. The Balaban J connectivity index is 1.29. The number of nitrogens with one attached hydrogen (secondary N) is 2. The lowest BCUT2D eigenvalue weighted by Crippen LogP contribution is -2.21. The molecular weight excluding hydrogens is 456 g/mol. The van der Waals surface area contributed by atoms with Gasteiger partial charge in [-0.2, -0.15) is 10.4 Å². The Morgan fingerprint density at radius 1 is 1.22 bits per heavy atom. The van der Waals surface area contributed by atoms with E-state index in [1.54, 1.807) is 0 Å².